The van der Waals surface area contributed by atoms with Gasteiger partial charge >= 0.3 is 0 Å². The number of amides is 1. The van der Waals surface area contributed by atoms with Crippen molar-refractivity contribution in [1.82, 2.24) is 24.2 Å². The van der Waals surface area contributed by atoms with Gasteiger partial charge in [0.25, 0.3) is 11.5 Å². The Hall–Kier alpha value is -3.82. The van der Waals surface area contributed by atoms with E-state index in [4.69, 9.17) is 15.1 Å². The molecule has 4 heterocycles. The molecule has 0 radical (unpaired) electrons. The molecule has 1 aromatic carbocycles. The third-order valence-corrected chi connectivity index (χ3v) is 6.38. The Morgan fingerprint density at radius 2 is 1.89 bits per heavy atom. The summed E-state index contributed by atoms with van der Waals surface area (Å²) >= 11 is 0. The quantitative estimate of drug-likeness (QED) is 0.416. The number of carbonyl (C=O) groups excluding carboxylic acids is 1. The van der Waals surface area contributed by atoms with Crippen molar-refractivity contribution in [2.24, 2.45) is 0 Å². The first kappa shape index (κ1) is 22.9. The van der Waals surface area contributed by atoms with Crippen molar-refractivity contribution < 1.29 is 9.53 Å². The number of fused-ring (bicyclic) bond motifs is 2. The summed E-state index contributed by atoms with van der Waals surface area (Å²) in [5.41, 5.74) is 2.95. The fraction of sp³-hybridized carbons (Fsp3) is 0.308. The van der Waals surface area contributed by atoms with E-state index in [1.807, 2.05) is 37.3 Å². The lowest BCUT2D eigenvalue weighted by Crippen LogP contribution is -2.41. The second-order valence-corrected chi connectivity index (χ2v) is 8.76. The molecule has 1 amide bonds. The van der Waals surface area contributed by atoms with Gasteiger partial charge in [-0.1, -0.05) is 35.9 Å². The third kappa shape index (κ3) is 4.73. The number of benzene rings is 1. The summed E-state index contributed by atoms with van der Waals surface area (Å²) in [6, 6.07) is 14.8. The predicted octanol–water partition coefficient (Wildman–Crippen LogP) is 1.70. The molecule has 0 unspecified atom stereocenters. The molecule has 9 nitrogen and oxygen atoms in total. The average Bonchev–Trinajstić information content (AvgIpc) is 2.88. The van der Waals surface area contributed by atoms with E-state index in [2.05, 4.69) is 10.2 Å². The maximum absolute atomic E-state index is 13.3. The molecular weight excluding hydrogens is 444 g/mol. The van der Waals surface area contributed by atoms with E-state index >= 15 is 0 Å². The van der Waals surface area contributed by atoms with Crippen molar-refractivity contribution in [1.29, 1.82) is 5.41 Å². The maximum Gasteiger partial charge on any atom is 0.267 e. The average molecular weight is 473 g/mol. The van der Waals surface area contributed by atoms with Gasteiger partial charge in [-0.05, 0) is 30.7 Å². The van der Waals surface area contributed by atoms with Gasteiger partial charge in [-0.25, -0.2) is 4.98 Å². The summed E-state index contributed by atoms with van der Waals surface area (Å²) in [6.45, 7) is 6.40. The third-order valence-electron chi connectivity index (χ3n) is 6.38. The SMILES string of the molecule is Cc1ccc(CNC(=O)c2cc3c(=O)n4ccccc4nc3n(CCN3CCOCC3)c2=N)cc1. The minimum Gasteiger partial charge on any atom is -0.379 e. The summed E-state index contributed by atoms with van der Waals surface area (Å²) in [4.78, 5) is 33.5. The van der Waals surface area contributed by atoms with E-state index in [-0.39, 0.29) is 16.6 Å². The normalized spacial score (nSPS) is 14.4. The number of hydrogen-bond acceptors (Lipinski definition) is 6. The van der Waals surface area contributed by atoms with E-state index in [0.717, 1.165) is 24.2 Å². The minimum atomic E-state index is -0.393. The highest BCUT2D eigenvalue weighted by molar-refractivity contribution is 5.96. The first-order valence-electron chi connectivity index (χ1n) is 11.7. The van der Waals surface area contributed by atoms with E-state index in [1.54, 1.807) is 22.9 Å². The van der Waals surface area contributed by atoms with Crippen LogP contribution in [0.3, 0.4) is 0 Å². The Kier molecular flexibility index (Phi) is 6.43. The predicted molar refractivity (Wildman–Crippen MR) is 132 cm³/mol. The van der Waals surface area contributed by atoms with Crippen LogP contribution in [-0.4, -0.2) is 57.6 Å². The molecule has 1 aliphatic rings. The lowest BCUT2D eigenvalue weighted by atomic mass is 10.1. The number of pyridine rings is 2. The fourth-order valence-corrected chi connectivity index (χ4v) is 4.33. The first-order chi connectivity index (χ1) is 17.0. The summed E-state index contributed by atoms with van der Waals surface area (Å²) in [6.07, 6.45) is 1.66. The van der Waals surface area contributed by atoms with Crippen LogP contribution in [0.1, 0.15) is 21.5 Å². The Labute approximate surface area is 202 Å². The van der Waals surface area contributed by atoms with E-state index in [9.17, 15) is 9.59 Å². The minimum absolute atomic E-state index is 0.0411. The summed E-state index contributed by atoms with van der Waals surface area (Å²) in [5.74, 6) is -0.393. The molecule has 1 aliphatic heterocycles. The number of morpholine rings is 1. The number of rotatable bonds is 6. The zero-order valence-electron chi connectivity index (χ0n) is 19.7. The second kappa shape index (κ2) is 9.81. The summed E-state index contributed by atoms with van der Waals surface area (Å²) in [7, 11) is 0. The topological polar surface area (TPSA) is 105 Å². The van der Waals surface area contributed by atoms with Crippen molar-refractivity contribution >= 4 is 22.6 Å². The van der Waals surface area contributed by atoms with Gasteiger partial charge in [0.05, 0.1) is 24.2 Å². The van der Waals surface area contributed by atoms with Crippen molar-refractivity contribution in [3.8, 4) is 0 Å². The van der Waals surface area contributed by atoms with Crippen LogP contribution in [0, 0.1) is 12.3 Å². The Morgan fingerprint density at radius 1 is 1.11 bits per heavy atom. The monoisotopic (exact) mass is 472 g/mol. The van der Waals surface area contributed by atoms with Gasteiger partial charge in [0, 0.05) is 38.9 Å². The fourth-order valence-electron chi connectivity index (χ4n) is 4.33. The van der Waals surface area contributed by atoms with Crippen LogP contribution in [0.2, 0.25) is 0 Å². The molecule has 9 heteroatoms. The number of hydrogen-bond donors (Lipinski definition) is 2. The zero-order valence-corrected chi connectivity index (χ0v) is 19.7. The molecule has 2 N–H and O–H groups in total. The molecular formula is C26H28N6O3. The molecule has 35 heavy (non-hydrogen) atoms. The van der Waals surface area contributed by atoms with Gasteiger partial charge < -0.3 is 14.6 Å². The lowest BCUT2D eigenvalue weighted by molar-refractivity contribution is 0.0363. The molecule has 180 valence electrons. The zero-order chi connectivity index (χ0) is 24.4. The van der Waals surface area contributed by atoms with Gasteiger partial charge in [0.1, 0.15) is 16.8 Å². The number of nitrogens with zero attached hydrogens (tertiary/aromatic N) is 4. The van der Waals surface area contributed by atoms with Crippen LogP contribution in [0.5, 0.6) is 0 Å². The smallest absolute Gasteiger partial charge is 0.267 e. The van der Waals surface area contributed by atoms with Crippen molar-refractivity contribution in [2.75, 3.05) is 32.8 Å². The summed E-state index contributed by atoms with van der Waals surface area (Å²) < 4.78 is 8.58. The van der Waals surface area contributed by atoms with Gasteiger partial charge in [0.2, 0.25) is 0 Å². The van der Waals surface area contributed by atoms with Gasteiger partial charge in [-0.3, -0.25) is 24.3 Å². The lowest BCUT2D eigenvalue weighted by Gasteiger charge is -2.27. The van der Waals surface area contributed by atoms with Crippen LogP contribution >= 0.6 is 0 Å². The number of aromatic nitrogens is 3. The maximum atomic E-state index is 13.3. The molecule has 0 bridgehead atoms. The Bertz CT molecular complexity index is 1500. The standard InChI is InChI=1S/C26H28N6O3/c1-18-5-7-19(8-6-18)17-28-25(33)20-16-21-24(29-22-4-2-3-9-31(22)26(21)34)32(23(20)27)11-10-30-12-14-35-15-13-30/h2-9,16,27H,10-15,17H2,1H3,(H,28,33). The molecule has 1 saturated heterocycles. The summed E-state index contributed by atoms with van der Waals surface area (Å²) in [5, 5.41) is 12.1. The highest BCUT2D eigenvalue weighted by atomic mass is 16.5. The number of nitrogens with one attached hydrogen (secondary N) is 2. The highest BCUT2D eigenvalue weighted by Gasteiger charge is 2.18. The van der Waals surface area contributed by atoms with Crippen LogP contribution in [0.15, 0.2) is 59.5 Å². The van der Waals surface area contributed by atoms with Crippen LogP contribution in [0.4, 0.5) is 0 Å². The molecule has 0 aliphatic carbocycles. The number of ether oxygens (including phenoxy) is 1. The van der Waals surface area contributed by atoms with Gasteiger partial charge in [0.15, 0.2) is 0 Å². The molecule has 3 aromatic heterocycles. The van der Waals surface area contributed by atoms with Crippen LogP contribution < -0.4 is 16.4 Å². The molecule has 0 atom stereocenters. The van der Waals surface area contributed by atoms with Crippen molar-refractivity contribution in [3.05, 3.63) is 87.3 Å². The second-order valence-electron chi connectivity index (χ2n) is 8.76. The first-order valence-corrected chi connectivity index (χ1v) is 11.7. The molecule has 0 spiro atoms. The van der Waals surface area contributed by atoms with E-state index in [0.29, 0.717) is 49.5 Å². The van der Waals surface area contributed by atoms with Crippen molar-refractivity contribution in [3.63, 3.8) is 0 Å². The number of aryl methyl sites for hydroxylation is 1. The molecule has 5 rings (SSSR count). The van der Waals surface area contributed by atoms with E-state index in [1.165, 1.54) is 10.5 Å². The van der Waals surface area contributed by atoms with E-state index < -0.39 is 5.91 Å². The molecule has 1 fully saturated rings. The van der Waals surface area contributed by atoms with Crippen molar-refractivity contribution in [2.45, 2.75) is 20.0 Å². The van der Waals surface area contributed by atoms with Gasteiger partial charge in [-0.2, -0.15) is 0 Å². The highest BCUT2D eigenvalue weighted by Crippen LogP contribution is 2.11. The Morgan fingerprint density at radius 3 is 2.66 bits per heavy atom. The number of carbonyl (C=O) groups is 1. The molecule has 4 aromatic rings. The Balaban J connectivity index is 1.55. The van der Waals surface area contributed by atoms with Gasteiger partial charge in [-0.15, -0.1) is 0 Å². The largest absolute Gasteiger partial charge is 0.379 e. The van der Waals surface area contributed by atoms with Crippen LogP contribution in [-0.2, 0) is 17.8 Å². The van der Waals surface area contributed by atoms with Crippen LogP contribution in [0.25, 0.3) is 16.7 Å². The molecule has 0 saturated carbocycles.